The Kier molecular flexibility index (Phi) is 39.2. The Hall–Kier alpha value is -5.54. The number of rotatable bonds is 48. The standard InChI is InChI=1S/C70H101N8O23P3S5.O3S/c1-9-76-55-28-21-20-27-53(55)69(4,5)59(76)29-15-12-16-30-60-70(6,7)54-44-52(109(90,91)92)32-33-56(54)77(60)37-22-13-17-31-61(80)72-35-40-93-42-43-94-41-36-73-67(82)96-39-34-68(2,3)108-107-48-95-38-23-11-10-14-25-51(79)26-19-18-24-50-46-78(64-63(50)65(81)75-66(71)74-64)62-45-57(97-49-106-105-8)58(99-62)47-98-103(86,87)101-104(88,89)100-102(83,84)85;1-4(2)3/h12,15-16,20-21,27-30,32-33,44,46,57-58,62H,9-11,13-14,17,19,22-23,25-26,31,34-43,45,47-49H2,1-8H3,(H9-,71,72,73,74,75,80,81,82,83,84,85,86,87,88,89,90,91,92);/p+1/t57-,58+,62+;/m0./s1. The maximum Gasteiger partial charge on any atom is 0.490 e. The van der Waals surface area contributed by atoms with Crippen LogP contribution < -0.4 is 26.8 Å². The number of para-hydroxylation sites is 1. The van der Waals surface area contributed by atoms with Crippen LogP contribution in [0.25, 0.3) is 11.0 Å². The number of nitrogens with zero attached hydrogens (tertiary/aromatic N) is 4. The second-order valence-corrected chi connectivity index (χ2v) is 39.1. The van der Waals surface area contributed by atoms with Crippen LogP contribution in [-0.4, -0.2) is 195 Å². The molecule has 4 aromatic rings. The van der Waals surface area contributed by atoms with Crippen LogP contribution in [0.1, 0.15) is 155 Å². The lowest BCUT2D eigenvalue weighted by Gasteiger charge is -2.25. The minimum Gasteiger partial charge on any atom is -0.450 e. The highest BCUT2D eigenvalue weighted by molar-refractivity contribution is 8.77. The van der Waals surface area contributed by atoms with Crippen LogP contribution in [0.2, 0.25) is 0 Å². The number of carbonyl (C=O) groups is 3. The van der Waals surface area contributed by atoms with E-state index in [0.717, 1.165) is 55.6 Å². The molecular weight excluding hydrogens is 1650 g/mol. The number of ether oxygens (including phenoxy) is 6. The quantitative estimate of drug-likeness (QED) is 0.00290. The summed E-state index contributed by atoms with van der Waals surface area (Å²) in [5.74, 6) is 6.28. The number of nitrogens with two attached hydrogens (primary N) is 1. The number of hydrogen-bond donors (Lipinski definition) is 9. The fourth-order valence-corrected chi connectivity index (χ4v) is 19.1. The lowest BCUT2D eigenvalue weighted by atomic mass is 9.81. The van der Waals surface area contributed by atoms with Crippen molar-refractivity contribution in [2.75, 3.05) is 101 Å². The molecular formula is C70H102N8O26P3S6+. The van der Waals surface area contributed by atoms with Crippen molar-refractivity contribution < 1.29 is 119 Å². The SMILES string of the molecule is CCN1\C(=C/C=C/C=C/C2=[N+](CCCCCC(=O)NCCOCCOCCNC(=O)OCCC(C)(C)SSCOCCCCCCC(=O)CCC#Cc3cn([C@H]4C[C@H](OCSSC)[C@@H](COP(=O)(O)OP(=O)(O)OP(=O)(O)O)O4)c4nc(N)[nH]c(=O)c34)c3ccc(S(=O)(=O)O)cc3C2(C)C)C(C)(C)c2ccccc21.O=S(=O)=O. The van der Waals surface area contributed by atoms with Gasteiger partial charge in [-0.05, 0) is 103 Å². The number of fused-ring (bicyclic) bond motifs is 3. The van der Waals surface area contributed by atoms with Gasteiger partial charge in [-0.1, -0.05) is 118 Å². The smallest absolute Gasteiger partial charge is 0.450 e. The summed E-state index contributed by atoms with van der Waals surface area (Å²) in [7, 11) is -18.5. The van der Waals surface area contributed by atoms with Crippen LogP contribution in [0, 0.1) is 11.8 Å². The predicted molar refractivity (Wildman–Crippen MR) is 433 cm³/mol. The summed E-state index contributed by atoms with van der Waals surface area (Å²) in [4.78, 5) is 97.4. The first-order valence-electron chi connectivity index (χ1n) is 36.1. The van der Waals surface area contributed by atoms with Gasteiger partial charge in [-0.25, -0.2) is 18.5 Å². The highest BCUT2D eigenvalue weighted by Gasteiger charge is 2.47. The number of aromatic amines is 1. The van der Waals surface area contributed by atoms with E-state index in [1.807, 2.05) is 18.4 Å². The Morgan fingerprint density at radius 1 is 0.841 bits per heavy atom. The molecule has 628 valence electrons. The van der Waals surface area contributed by atoms with E-state index in [1.165, 1.54) is 55.4 Å². The Morgan fingerprint density at radius 2 is 1.53 bits per heavy atom. The number of anilines is 2. The number of benzene rings is 2. The van der Waals surface area contributed by atoms with Crippen LogP contribution in [-0.2, 0) is 96.4 Å². The number of hydrogen-bond acceptors (Lipinski definition) is 28. The van der Waals surface area contributed by atoms with E-state index in [1.54, 1.807) is 33.7 Å². The molecule has 1 fully saturated rings. The molecule has 1 saturated heterocycles. The van der Waals surface area contributed by atoms with Crippen molar-refractivity contribution in [3.63, 3.8) is 0 Å². The Morgan fingerprint density at radius 3 is 2.23 bits per heavy atom. The van der Waals surface area contributed by atoms with E-state index in [4.69, 9.17) is 61.1 Å². The molecule has 0 saturated carbocycles. The number of carbonyl (C=O) groups excluding carboxylic acids is 3. The van der Waals surface area contributed by atoms with Crippen molar-refractivity contribution in [1.82, 2.24) is 25.2 Å². The molecule has 0 spiro atoms. The Labute approximate surface area is 675 Å². The molecule has 2 aromatic heterocycles. The molecule has 5 heterocycles. The summed E-state index contributed by atoms with van der Waals surface area (Å²) in [6.07, 6.45) is 17.5. The third-order valence-electron chi connectivity index (χ3n) is 17.8. The molecule has 3 aliphatic rings. The molecule has 5 atom stereocenters. The first-order chi connectivity index (χ1) is 53.3. The molecule has 2 amide bonds. The normalized spacial score (nSPS) is 18.0. The van der Waals surface area contributed by atoms with E-state index in [2.05, 4.69) is 141 Å². The van der Waals surface area contributed by atoms with Gasteiger partial charge in [0, 0.05) is 110 Å². The van der Waals surface area contributed by atoms with Crippen molar-refractivity contribution in [2.24, 2.45) is 0 Å². The zero-order valence-electron chi connectivity index (χ0n) is 64.1. The highest BCUT2D eigenvalue weighted by Crippen LogP contribution is 2.66. The van der Waals surface area contributed by atoms with E-state index < -0.39 is 86.3 Å². The fourth-order valence-electron chi connectivity index (χ4n) is 12.5. The second kappa shape index (κ2) is 46.0. The van der Waals surface area contributed by atoms with Crippen molar-refractivity contribution in [1.29, 1.82) is 0 Å². The van der Waals surface area contributed by atoms with Crippen molar-refractivity contribution in [3.8, 4) is 11.8 Å². The summed E-state index contributed by atoms with van der Waals surface area (Å²) < 4.78 is 146. The number of Topliss-reactive ketones (excluding diaryl/α,β-unsaturated/α-hetero) is 1. The Bertz CT molecular complexity index is 4540. The van der Waals surface area contributed by atoms with E-state index in [0.29, 0.717) is 77.6 Å². The number of amides is 2. The summed E-state index contributed by atoms with van der Waals surface area (Å²) in [6, 6.07) is 13.3. The second-order valence-electron chi connectivity index (χ2n) is 27.4. The molecule has 0 radical (unpaired) electrons. The van der Waals surface area contributed by atoms with Gasteiger partial charge in [-0.2, -0.15) is 26.6 Å². The van der Waals surface area contributed by atoms with Crippen LogP contribution >= 0.6 is 66.6 Å². The molecule has 113 heavy (non-hydrogen) atoms. The maximum absolute atomic E-state index is 13.2. The monoisotopic (exact) mass is 1760 g/mol. The fraction of sp³-hybridized carbons (Fsp3) is 0.571. The molecule has 0 bridgehead atoms. The van der Waals surface area contributed by atoms with Gasteiger partial charge in [-0.3, -0.25) is 28.4 Å². The van der Waals surface area contributed by atoms with Crippen LogP contribution in [0.15, 0.2) is 94.4 Å². The van der Waals surface area contributed by atoms with E-state index in [9.17, 15) is 55.6 Å². The van der Waals surface area contributed by atoms with Gasteiger partial charge < -0.3 is 73.8 Å². The van der Waals surface area contributed by atoms with Gasteiger partial charge in [0.05, 0.1) is 67.0 Å². The number of aromatic nitrogens is 3. The molecule has 34 nitrogen and oxygen atoms in total. The van der Waals surface area contributed by atoms with Crippen LogP contribution in [0.5, 0.6) is 0 Å². The summed E-state index contributed by atoms with van der Waals surface area (Å²) >= 11 is 0. The van der Waals surface area contributed by atoms with E-state index in [-0.39, 0.29) is 94.3 Å². The number of H-pyrrole nitrogens is 1. The summed E-state index contributed by atoms with van der Waals surface area (Å²) in [6.45, 7) is 18.2. The number of nitrogen functional groups attached to an aromatic ring is 1. The lowest BCUT2D eigenvalue weighted by Crippen LogP contribution is -2.30. The van der Waals surface area contributed by atoms with Gasteiger partial charge in [0.2, 0.25) is 17.5 Å². The number of nitrogens with one attached hydrogen (secondary N) is 3. The number of phosphoric ester groups is 1. The molecule has 7 rings (SSSR count). The average molecular weight is 1760 g/mol. The zero-order chi connectivity index (χ0) is 83.2. The number of unbranched alkanes of at least 4 members (excludes halogenated alkanes) is 5. The minimum atomic E-state index is -5.78. The van der Waals surface area contributed by atoms with Gasteiger partial charge in [0.15, 0.2) is 11.4 Å². The predicted octanol–water partition coefficient (Wildman–Crippen LogP) is 11.0. The topological polar surface area (TPSA) is 479 Å². The minimum absolute atomic E-state index is 0.0347. The van der Waals surface area contributed by atoms with Crippen molar-refractivity contribution in [3.05, 3.63) is 112 Å². The molecule has 3 aliphatic heterocycles. The molecule has 2 unspecified atom stereocenters. The third-order valence-corrected chi connectivity index (χ3v) is 27.0. The first-order valence-corrected chi connectivity index (χ1v) is 48.1. The van der Waals surface area contributed by atoms with Gasteiger partial charge in [0.1, 0.15) is 36.5 Å². The van der Waals surface area contributed by atoms with Crippen molar-refractivity contribution >= 4 is 139 Å². The third kappa shape index (κ3) is 32.0. The van der Waals surface area contributed by atoms with Gasteiger partial charge >= 0.3 is 40.2 Å². The number of likely N-dealkylation sites (N-methyl/N-ethyl adjacent to an activating group) is 1. The number of alkyl carbamates (subject to hydrolysis) is 1. The number of phosphoric acid groups is 3. The molecule has 43 heteroatoms. The summed E-state index contributed by atoms with van der Waals surface area (Å²) in [5, 5.41) is 5.68. The number of allylic oxidation sites excluding steroid dienone is 6. The Balaban J connectivity index is 0.00000485. The summed E-state index contributed by atoms with van der Waals surface area (Å²) in [5.41, 5.74) is 11.3. The van der Waals surface area contributed by atoms with Crippen molar-refractivity contribution in [2.45, 2.75) is 171 Å². The van der Waals surface area contributed by atoms with Crippen LogP contribution in [0.4, 0.5) is 22.1 Å². The van der Waals surface area contributed by atoms with E-state index >= 15 is 0 Å². The maximum atomic E-state index is 13.2. The number of ketones is 1. The molecule has 10 N–H and O–H groups in total. The first kappa shape index (κ1) is 96.3. The van der Waals surface area contributed by atoms with Gasteiger partial charge in [-0.15, -0.1) is 12.6 Å². The zero-order valence-corrected chi connectivity index (χ0v) is 71.7. The molecule has 0 aliphatic carbocycles. The van der Waals surface area contributed by atoms with Crippen LogP contribution in [0.3, 0.4) is 0 Å². The average Bonchev–Trinajstić information content (AvgIpc) is 1.59. The largest absolute Gasteiger partial charge is 0.490 e. The van der Waals surface area contributed by atoms with Gasteiger partial charge in [0.25, 0.3) is 15.7 Å². The highest BCUT2D eigenvalue weighted by atomic mass is 33.1. The lowest BCUT2D eigenvalue weighted by molar-refractivity contribution is -0.438. The molecule has 2 aromatic carbocycles.